The van der Waals surface area contributed by atoms with Gasteiger partial charge in [0, 0.05) is 11.7 Å². The second-order valence-corrected chi connectivity index (χ2v) is 10.3. The molecule has 3 amide bonds. The van der Waals surface area contributed by atoms with Crippen molar-refractivity contribution in [3.05, 3.63) is 64.2 Å². The molecule has 1 heterocycles. The predicted molar refractivity (Wildman–Crippen MR) is 150 cm³/mol. The van der Waals surface area contributed by atoms with Gasteiger partial charge in [-0.05, 0) is 66.7 Å². The van der Waals surface area contributed by atoms with Crippen LogP contribution in [0.2, 0.25) is 0 Å². The Morgan fingerprint density at radius 1 is 1.05 bits per heavy atom. The maximum atomic E-state index is 14.2. The molecule has 1 atom stereocenters. The van der Waals surface area contributed by atoms with E-state index in [1.165, 1.54) is 19.1 Å². The fourth-order valence-corrected chi connectivity index (χ4v) is 5.61. The molecular formula is C28H33N5O5S. The average molecular weight is 552 g/mol. The normalized spacial score (nSPS) is 14.3. The zero-order valence-corrected chi connectivity index (χ0v) is 23.0. The number of amides is 3. The number of nitrogens with two attached hydrogens (primary N) is 2. The number of methoxy groups -OCH3 is 2. The van der Waals surface area contributed by atoms with E-state index in [0.29, 0.717) is 22.7 Å². The molecule has 0 bridgehead atoms. The summed E-state index contributed by atoms with van der Waals surface area (Å²) in [5, 5.41) is 3.17. The second-order valence-electron chi connectivity index (χ2n) is 9.51. The van der Waals surface area contributed by atoms with Gasteiger partial charge >= 0.3 is 0 Å². The number of aromatic nitrogens is 1. The van der Waals surface area contributed by atoms with Crippen molar-refractivity contribution in [1.82, 2.24) is 9.69 Å². The van der Waals surface area contributed by atoms with Crippen molar-refractivity contribution in [3.8, 4) is 11.5 Å². The molecule has 3 aromatic rings. The van der Waals surface area contributed by atoms with Crippen molar-refractivity contribution in [2.45, 2.75) is 51.1 Å². The third-order valence-corrected chi connectivity index (χ3v) is 7.69. The summed E-state index contributed by atoms with van der Waals surface area (Å²) < 4.78 is 14.9. The summed E-state index contributed by atoms with van der Waals surface area (Å²) in [6, 6.07) is 11.3. The molecule has 1 aliphatic rings. The molecule has 1 aromatic heterocycles. The van der Waals surface area contributed by atoms with Crippen LogP contribution in [-0.2, 0) is 4.79 Å². The average Bonchev–Trinajstić information content (AvgIpc) is 3.32. The van der Waals surface area contributed by atoms with Crippen LogP contribution >= 0.6 is 11.5 Å². The van der Waals surface area contributed by atoms with E-state index in [-0.39, 0.29) is 28.2 Å². The number of aryl methyl sites for hydroxylation is 1. The molecular weight excluding hydrogens is 518 g/mol. The monoisotopic (exact) mass is 551 g/mol. The van der Waals surface area contributed by atoms with Crippen molar-refractivity contribution in [2.75, 3.05) is 24.9 Å². The summed E-state index contributed by atoms with van der Waals surface area (Å²) >= 11 is 0.770. The van der Waals surface area contributed by atoms with Gasteiger partial charge in [-0.3, -0.25) is 19.3 Å². The number of carbonyl (C=O) groups excluding carboxylic acids is 3. The van der Waals surface area contributed by atoms with Crippen molar-refractivity contribution in [1.29, 1.82) is 0 Å². The summed E-state index contributed by atoms with van der Waals surface area (Å²) in [6.07, 6.45) is 4.92. The Balaban J connectivity index is 1.89. The van der Waals surface area contributed by atoms with Gasteiger partial charge in [-0.1, -0.05) is 37.5 Å². The molecule has 5 N–H and O–H groups in total. The van der Waals surface area contributed by atoms with Crippen molar-refractivity contribution in [3.63, 3.8) is 0 Å². The fraction of sp³-hybridized carbons (Fsp3) is 0.357. The van der Waals surface area contributed by atoms with E-state index in [2.05, 4.69) is 9.69 Å². The first kappa shape index (κ1) is 27.9. The zero-order valence-electron chi connectivity index (χ0n) is 22.2. The number of nitrogens with zero attached hydrogens (tertiary/aromatic N) is 2. The number of primary amides is 1. The van der Waals surface area contributed by atoms with Crippen molar-refractivity contribution >= 4 is 40.6 Å². The Bertz CT molecular complexity index is 1370. The van der Waals surface area contributed by atoms with Crippen molar-refractivity contribution < 1.29 is 23.9 Å². The van der Waals surface area contributed by atoms with Crippen LogP contribution < -0.4 is 31.2 Å². The van der Waals surface area contributed by atoms with Crippen LogP contribution in [0, 0.1) is 6.92 Å². The minimum absolute atomic E-state index is 0.00158. The van der Waals surface area contributed by atoms with E-state index in [9.17, 15) is 14.4 Å². The molecule has 1 fully saturated rings. The Morgan fingerprint density at radius 3 is 2.38 bits per heavy atom. The molecule has 0 radical (unpaired) electrons. The number of carbonyl (C=O) groups is 3. The van der Waals surface area contributed by atoms with Crippen LogP contribution in [0.4, 0.5) is 11.4 Å². The zero-order chi connectivity index (χ0) is 28.1. The van der Waals surface area contributed by atoms with Gasteiger partial charge < -0.3 is 26.3 Å². The molecule has 1 saturated carbocycles. The summed E-state index contributed by atoms with van der Waals surface area (Å²) in [5.74, 6) is -0.866. The van der Waals surface area contributed by atoms with E-state index in [1.807, 2.05) is 19.1 Å². The van der Waals surface area contributed by atoms with Gasteiger partial charge in [-0.2, -0.15) is 4.37 Å². The van der Waals surface area contributed by atoms with E-state index >= 15 is 0 Å². The first-order chi connectivity index (χ1) is 18.7. The fourth-order valence-electron chi connectivity index (χ4n) is 4.87. The van der Waals surface area contributed by atoms with Crippen LogP contribution in [0.15, 0.2) is 42.5 Å². The van der Waals surface area contributed by atoms with Crippen LogP contribution in [0.1, 0.15) is 69.4 Å². The summed E-state index contributed by atoms with van der Waals surface area (Å²) in [6.45, 7) is 1.89. The third kappa shape index (κ3) is 5.98. The SMILES string of the molecule is COc1ccc(C(C(=O)NC2CCCCC2)N(C(=O)c2snc(C(N)=O)c2N)c2cccc(C)c2)cc1OC. The number of nitrogens with one attached hydrogen (secondary N) is 1. The molecule has 39 heavy (non-hydrogen) atoms. The molecule has 0 saturated heterocycles. The number of benzene rings is 2. The number of anilines is 2. The molecule has 0 aliphatic heterocycles. The van der Waals surface area contributed by atoms with E-state index < -0.39 is 17.9 Å². The summed E-state index contributed by atoms with van der Waals surface area (Å²) in [7, 11) is 3.03. The molecule has 1 unspecified atom stereocenters. The molecule has 0 spiro atoms. The third-order valence-electron chi connectivity index (χ3n) is 6.84. The van der Waals surface area contributed by atoms with Gasteiger partial charge in [-0.15, -0.1) is 0 Å². The number of rotatable bonds is 9. The van der Waals surface area contributed by atoms with Gasteiger partial charge in [0.1, 0.15) is 10.9 Å². The Morgan fingerprint density at radius 2 is 1.77 bits per heavy atom. The quantitative estimate of drug-likeness (QED) is 0.364. The van der Waals surface area contributed by atoms with Crippen LogP contribution in [0.25, 0.3) is 0 Å². The molecule has 2 aromatic carbocycles. The Labute approximate surface area is 231 Å². The lowest BCUT2D eigenvalue weighted by Crippen LogP contribution is -2.47. The number of nitrogen functional groups attached to an aromatic ring is 1. The highest BCUT2D eigenvalue weighted by molar-refractivity contribution is 7.09. The number of hydrogen-bond donors (Lipinski definition) is 3. The maximum Gasteiger partial charge on any atom is 0.273 e. The predicted octanol–water partition coefficient (Wildman–Crippen LogP) is 3.99. The highest BCUT2D eigenvalue weighted by Crippen LogP contribution is 2.37. The summed E-state index contributed by atoms with van der Waals surface area (Å²) in [4.78, 5) is 41.6. The largest absolute Gasteiger partial charge is 0.493 e. The van der Waals surface area contributed by atoms with Gasteiger partial charge in [0.05, 0.1) is 19.9 Å². The van der Waals surface area contributed by atoms with E-state index in [4.69, 9.17) is 20.9 Å². The standard InChI is InChI=1S/C28H33N5O5S/c1-16-8-7-11-19(14-16)33(28(36)25-22(29)23(26(30)34)32-39-25)24(27(35)31-18-9-5-4-6-10-18)17-12-13-20(37-2)21(15-17)38-3/h7-8,11-15,18,24H,4-6,9-10,29H2,1-3H3,(H2,30,34)(H,31,35). The van der Waals surface area contributed by atoms with Gasteiger partial charge in [0.2, 0.25) is 5.91 Å². The highest BCUT2D eigenvalue weighted by Gasteiger charge is 2.37. The molecule has 206 valence electrons. The Kier molecular flexibility index (Phi) is 8.70. The van der Waals surface area contributed by atoms with Gasteiger partial charge in [-0.25, -0.2) is 0 Å². The van der Waals surface area contributed by atoms with Crippen molar-refractivity contribution in [2.24, 2.45) is 5.73 Å². The molecule has 11 heteroatoms. The minimum Gasteiger partial charge on any atom is -0.493 e. The van der Waals surface area contributed by atoms with Crippen LogP contribution in [0.3, 0.4) is 0 Å². The maximum absolute atomic E-state index is 14.2. The van der Waals surface area contributed by atoms with E-state index in [0.717, 1.165) is 49.2 Å². The second kappa shape index (κ2) is 12.2. The Hall–Kier alpha value is -4.12. The lowest BCUT2D eigenvalue weighted by molar-refractivity contribution is -0.123. The topological polar surface area (TPSA) is 150 Å². The van der Waals surface area contributed by atoms with Gasteiger partial charge in [0.15, 0.2) is 17.2 Å². The lowest BCUT2D eigenvalue weighted by Gasteiger charge is -2.33. The number of hydrogen-bond acceptors (Lipinski definition) is 8. The molecule has 1 aliphatic carbocycles. The van der Waals surface area contributed by atoms with E-state index in [1.54, 1.807) is 30.3 Å². The first-order valence-corrected chi connectivity index (χ1v) is 13.5. The lowest BCUT2D eigenvalue weighted by atomic mass is 9.94. The molecule has 4 rings (SSSR count). The number of ether oxygens (including phenoxy) is 2. The minimum atomic E-state index is -1.10. The highest BCUT2D eigenvalue weighted by atomic mass is 32.1. The first-order valence-electron chi connectivity index (χ1n) is 12.7. The molecule has 10 nitrogen and oxygen atoms in total. The van der Waals surface area contributed by atoms with Crippen LogP contribution in [-0.4, -0.2) is 42.4 Å². The van der Waals surface area contributed by atoms with Crippen LogP contribution in [0.5, 0.6) is 11.5 Å². The van der Waals surface area contributed by atoms with Gasteiger partial charge in [0.25, 0.3) is 11.8 Å². The smallest absolute Gasteiger partial charge is 0.273 e. The summed E-state index contributed by atoms with van der Waals surface area (Å²) in [5.41, 5.74) is 13.1.